The summed E-state index contributed by atoms with van der Waals surface area (Å²) in [7, 11) is -1.01. The van der Waals surface area contributed by atoms with Gasteiger partial charge in [0.2, 0.25) is 0 Å². The summed E-state index contributed by atoms with van der Waals surface area (Å²) in [4.78, 5) is 12.6. The fourth-order valence-corrected chi connectivity index (χ4v) is 4.38. The normalized spacial score (nSPS) is 11.2. The molecule has 0 saturated heterocycles. The largest absolute Gasteiger partial charge is 0.497 e. The van der Waals surface area contributed by atoms with E-state index in [1.165, 1.54) is 49.7 Å². The van der Waals surface area contributed by atoms with Crippen molar-refractivity contribution in [1.82, 2.24) is 5.43 Å². The van der Waals surface area contributed by atoms with E-state index < -0.39 is 22.5 Å². The van der Waals surface area contributed by atoms with Crippen molar-refractivity contribution in [3.05, 3.63) is 83.4 Å². The average molecular weight is 488 g/mol. The van der Waals surface area contributed by atoms with Crippen LogP contribution in [0.25, 0.3) is 0 Å². The summed E-state index contributed by atoms with van der Waals surface area (Å²) >= 11 is 5.94. The standard InChI is InChI=1S/C23H22ClN3O5S/c1-31-20-9-3-17(4-10-20)15-25-26-23(28)16-27(19-7-5-18(24)6-8-19)33(29,30)22-13-11-21(32-2)12-14-22/h3-15H,16H2,1-2H3,(H,26,28)/b25-15-. The molecule has 0 heterocycles. The summed E-state index contributed by atoms with van der Waals surface area (Å²) < 4.78 is 37.8. The van der Waals surface area contributed by atoms with Crippen LogP contribution in [0.5, 0.6) is 11.5 Å². The van der Waals surface area contributed by atoms with Crippen LogP contribution >= 0.6 is 11.6 Å². The number of methoxy groups -OCH3 is 2. The van der Waals surface area contributed by atoms with Gasteiger partial charge in [-0.3, -0.25) is 9.10 Å². The van der Waals surface area contributed by atoms with E-state index in [2.05, 4.69) is 10.5 Å². The number of carbonyl (C=O) groups is 1. The Morgan fingerprint density at radius 3 is 2.03 bits per heavy atom. The van der Waals surface area contributed by atoms with Crippen LogP contribution in [0.3, 0.4) is 0 Å². The minimum absolute atomic E-state index is 0.00721. The van der Waals surface area contributed by atoms with Gasteiger partial charge < -0.3 is 9.47 Å². The second-order valence-electron chi connectivity index (χ2n) is 6.73. The summed E-state index contributed by atoms with van der Waals surface area (Å²) in [5.41, 5.74) is 3.38. The molecule has 0 saturated carbocycles. The second kappa shape index (κ2) is 10.8. The average Bonchev–Trinajstić information content (AvgIpc) is 2.83. The summed E-state index contributed by atoms with van der Waals surface area (Å²) in [5, 5.41) is 4.35. The molecule has 0 aliphatic carbocycles. The predicted molar refractivity (Wildman–Crippen MR) is 128 cm³/mol. The number of benzene rings is 3. The maximum atomic E-state index is 13.3. The molecule has 0 radical (unpaired) electrons. The van der Waals surface area contributed by atoms with Gasteiger partial charge in [0.05, 0.1) is 31.0 Å². The molecule has 10 heteroatoms. The van der Waals surface area contributed by atoms with Crippen LogP contribution in [0.1, 0.15) is 5.56 Å². The van der Waals surface area contributed by atoms with E-state index in [4.69, 9.17) is 21.1 Å². The van der Waals surface area contributed by atoms with Gasteiger partial charge in [-0.15, -0.1) is 0 Å². The number of hydrogen-bond donors (Lipinski definition) is 1. The highest BCUT2D eigenvalue weighted by molar-refractivity contribution is 7.92. The minimum atomic E-state index is -4.06. The van der Waals surface area contributed by atoms with Gasteiger partial charge in [0.25, 0.3) is 15.9 Å². The lowest BCUT2D eigenvalue weighted by Crippen LogP contribution is -2.39. The van der Waals surface area contributed by atoms with Gasteiger partial charge in [-0.1, -0.05) is 11.6 Å². The minimum Gasteiger partial charge on any atom is -0.497 e. The third kappa shape index (κ3) is 6.24. The van der Waals surface area contributed by atoms with E-state index in [9.17, 15) is 13.2 Å². The molecule has 0 atom stereocenters. The molecule has 3 aromatic carbocycles. The summed E-state index contributed by atoms with van der Waals surface area (Å²) in [6, 6.07) is 19.1. The van der Waals surface area contributed by atoms with Crippen LogP contribution in [0, 0.1) is 0 Å². The molecular formula is C23H22ClN3O5S. The number of nitrogens with zero attached hydrogens (tertiary/aromatic N) is 2. The lowest BCUT2D eigenvalue weighted by Gasteiger charge is -2.23. The van der Waals surface area contributed by atoms with Crippen molar-refractivity contribution in [2.24, 2.45) is 5.10 Å². The lowest BCUT2D eigenvalue weighted by molar-refractivity contribution is -0.119. The zero-order valence-corrected chi connectivity index (χ0v) is 19.5. The third-order valence-electron chi connectivity index (χ3n) is 4.57. The molecule has 0 aliphatic heterocycles. The SMILES string of the molecule is COc1ccc(/C=N\NC(=O)CN(c2ccc(Cl)cc2)S(=O)(=O)c2ccc(OC)cc2)cc1. The topological polar surface area (TPSA) is 97.3 Å². The van der Waals surface area contributed by atoms with E-state index in [0.717, 1.165) is 9.87 Å². The predicted octanol–water partition coefficient (Wildman–Crippen LogP) is 3.70. The van der Waals surface area contributed by atoms with Gasteiger partial charge in [0, 0.05) is 5.02 Å². The zero-order chi connectivity index (χ0) is 23.8. The molecule has 0 aromatic heterocycles. The van der Waals surface area contributed by atoms with Crippen molar-refractivity contribution in [1.29, 1.82) is 0 Å². The van der Waals surface area contributed by atoms with Crippen molar-refractivity contribution >= 4 is 39.4 Å². The Morgan fingerprint density at radius 1 is 0.939 bits per heavy atom. The van der Waals surface area contributed by atoms with E-state index in [1.54, 1.807) is 43.5 Å². The van der Waals surface area contributed by atoms with Crippen molar-refractivity contribution in [2.45, 2.75) is 4.90 Å². The van der Waals surface area contributed by atoms with Crippen LogP contribution in [0.15, 0.2) is 82.8 Å². The summed E-state index contributed by atoms with van der Waals surface area (Å²) in [5.74, 6) is 0.586. The molecule has 0 spiro atoms. The summed E-state index contributed by atoms with van der Waals surface area (Å²) in [6.45, 7) is -0.490. The van der Waals surface area contributed by atoms with E-state index >= 15 is 0 Å². The van der Waals surface area contributed by atoms with Crippen LogP contribution in [0.4, 0.5) is 5.69 Å². The van der Waals surface area contributed by atoms with E-state index in [0.29, 0.717) is 16.5 Å². The molecule has 172 valence electrons. The lowest BCUT2D eigenvalue weighted by atomic mass is 10.2. The van der Waals surface area contributed by atoms with Gasteiger partial charge in [0.15, 0.2) is 0 Å². The number of carbonyl (C=O) groups excluding carboxylic acids is 1. The highest BCUT2D eigenvalue weighted by Gasteiger charge is 2.27. The Hall–Kier alpha value is -3.56. The third-order valence-corrected chi connectivity index (χ3v) is 6.61. The van der Waals surface area contributed by atoms with Crippen molar-refractivity contribution < 1.29 is 22.7 Å². The van der Waals surface area contributed by atoms with Crippen LogP contribution in [-0.2, 0) is 14.8 Å². The van der Waals surface area contributed by atoms with Crippen LogP contribution < -0.4 is 19.2 Å². The molecule has 0 aliphatic rings. The van der Waals surface area contributed by atoms with Gasteiger partial charge >= 0.3 is 0 Å². The number of ether oxygens (including phenoxy) is 2. The van der Waals surface area contributed by atoms with Crippen LogP contribution in [0.2, 0.25) is 5.02 Å². The molecule has 0 bridgehead atoms. The number of hydrogen-bond acceptors (Lipinski definition) is 6. The monoisotopic (exact) mass is 487 g/mol. The molecule has 33 heavy (non-hydrogen) atoms. The molecule has 8 nitrogen and oxygen atoms in total. The Morgan fingerprint density at radius 2 is 1.48 bits per heavy atom. The number of anilines is 1. The Labute approximate surface area is 197 Å². The number of sulfonamides is 1. The number of halogens is 1. The fourth-order valence-electron chi connectivity index (χ4n) is 2.83. The first-order valence-corrected chi connectivity index (χ1v) is 11.5. The first kappa shape index (κ1) is 24.1. The fraction of sp³-hybridized carbons (Fsp3) is 0.130. The van der Waals surface area contributed by atoms with Gasteiger partial charge in [-0.25, -0.2) is 13.8 Å². The Kier molecular flexibility index (Phi) is 7.92. The molecule has 3 rings (SSSR count). The van der Waals surface area contributed by atoms with Gasteiger partial charge in [-0.2, -0.15) is 5.10 Å². The first-order chi connectivity index (χ1) is 15.8. The molecule has 3 aromatic rings. The highest BCUT2D eigenvalue weighted by Crippen LogP contribution is 2.26. The molecule has 1 amide bonds. The van der Waals surface area contributed by atoms with Gasteiger partial charge in [0.1, 0.15) is 18.0 Å². The number of nitrogens with one attached hydrogen (secondary N) is 1. The number of hydrazone groups is 1. The van der Waals surface area contributed by atoms with Crippen molar-refractivity contribution in [2.75, 3.05) is 25.1 Å². The maximum absolute atomic E-state index is 13.3. The zero-order valence-electron chi connectivity index (χ0n) is 17.9. The molecular weight excluding hydrogens is 466 g/mol. The second-order valence-corrected chi connectivity index (χ2v) is 9.03. The van der Waals surface area contributed by atoms with E-state index in [-0.39, 0.29) is 10.6 Å². The quantitative estimate of drug-likeness (QED) is 0.366. The number of amides is 1. The summed E-state index contributed by atoms with van der Waals surface area (Å²) in [6.07, 6.45) is 1.45. The smallest absolute Gasteiger partial charge is 0.264 e. The van der Waals surface area contributed by atoms with Crippen LogP contribution in [-0.4, -0.2) is 41.3 Å². The van der Waals surface area contributed by atoms with Crippen molar-refractivity contribution in [3.63, 3.8) is 0 Å². The molecule has 0 unspecified atom stereocenters. The highest BCUT2D eigenvalue weighted by atomic mass is 35.5. The number of rotatable bonds is 9. The molecule has 0 fully saturated rings. The molecule has 1 N–H and O–H groups in total. The Balaban J connectivity index is 1.80. The maximum Gasteiger partial charge on any atom is 0.264 e. The van der Waals surface area contributed by atoms with E-state index in [1.807, 2.05) is 0 Å². The Bertz CT molecular complexity index is 1210. The van der Waals surface area contributed by atoms with Crippen molar-refractivity contribution in [3.8, 4) is 11.5 Å². The van der Waals surface area contributed by atoms with Gasteiger partial charge in [-0.05, 0) is 78.4 Å². The first-order valence-electron chi connectivity index (χ1n) is 9.72.